The van der Waals surface area contributed by atoms with Crippen LogP contribution in [0.1, 0.15) is 38.5 Å². The maximum atomic E-state index is 13.7. The highest BCUT2D eigenvalue weighted by Gasteiger charge is 2.26. The molecular formula is C26H29N5O3. The summed E-state index contributed by atoms with van der Waals surface area (Å²) in [5.74, 6) is 0. The molecule has 0 radical (unpaired) electrons. The summed E-state index contributed by atoms with van der Waals surface area (Å²) < 4.78 is 15.3. The molecule has 176 valence electrons. The summed E-state index contributed by atoms with van der Waals surface area (Å²) in [6.45, 7) is 1.13. The van der Waals surface area contributed by atoms with Gasteiger partial charge in [0.2, 0.25) is 0 Å². The minimum atomic E-state index is -0.0719. The van der Waals surface area contributed by atoms with Crippen LogP contribution in [0.25, 0.3) is 39.0 Å². The number of allylic oxidation sites excluding steroid dienone is 2. The molecule has 1 aliphatic heterocycles. The molecule has 0 spiro atoms. The van der Waals surface area contributed by atoms with E-state index in [4.69, 9.17) is 14.5 Å². The molecule has 2 aliphatic rings. The summed E-state index contributed by atoms with van der Waals surface area (Å²) >= 11 is 0. The second kappa shape index (κ2) is 8.85. The Hall–Kier alpha value is -3.23. The summed E-state index contributed by atoms with van der Waals surface area (Å²) in [5, 5.41) is 1.04. The van der Waals surface area contributed by atoms with Crippen molar-refractivity contribution in [2.24, 2.45) is 0 Å². The number of imidazole rings is 1. The van der Waals surface area contributed by atoms with Gasteiger partial charge < -0.3 is 14.5 Å². The Bertz CT molecular complexity index is 1430. The van der Waals surface area contributed by atoms with E-state index in [1.54, 1.807) is 7.11 Å². The van der Waals surface area contributed by atoms with Gasteiger partial charge in [-0.15, -0.1) is 0 Å². The van der Waals surface area contributed by atoms with Gasteiger partial charge in [-0.25, -0.2) is 19.3 Å². The molecule has 5 heterocycles. The first-order chi connectivity index (χ1) is 16.7. The summed E-state index contributed by atoms with van der Waals surface area (Å²) in [6, 6.07) is 6.17. The van der Waals surface area contributed by atoms with Gasteiger partial charge in [0.25, 0.3) is 0 Å². The van der Waals surface area contributed by atoms with Crippen LogP contribution in [0.3, 0.4) is 0 Å². The van der Waals surface area contributed by atoms with E-state index in [2.05, 4.69) is 28.2 Å². The van der Waals surface area contributed by atoms with Crippen LogP contribution >= 0.6 is 0 Å². The predicted molar refractivity (Wildman–Crippen MR) is 132 cm³/mol. The fraction of sp³-hybridized carbons (Fsp3) is 0.423. The Morgan fingerprint density at radius 2 is 2.09 bits per heavy atom. The molecule has 34 heavy (non-hydrogen) atoms. The van der Waals surface area contributed by atoms with Crippen molar-refractivity contribution in [1.82, 2.24) is 24.1 Å². The first kappa shape index (κ1) is 21.3. The molecule has 8 nitrogen and oxygen atoms in total. The number of nitrogens with zero attached hydrogens (tertiary/aromatic N) is 4. The summed E-state index contributed by atoms with van der Waals surface area (Å²) in [7, 11) is 1.74. The highest BCUT2D eigenvalue weighted by atomic mass is 16.5. The molecule has 4 aromatic heterocycles. The Kier molecular flexibility index (Phi) is 5.55. The van der Waals surface area contributed by atoms with Crippen molar-refractivity contribution in [3.63, 3.8) is 0 Å². The van der Waals surface area contributed by atoms with Gasteiger partial charge >= 0.3 is 5.69 Å². The molecule has 0 amide bonds. The smallest absolute Gasteiger partial charge is 0.334 e. The number of methoxy groups -OCH3 is 1. The molecule has 6 rings (SSSR count). The maximum Gasteiger partial charge on any atom is 0.334 e. The number of ether oxygens (including phenoxy) is 2. The molecule has 0 aromatic carbocycles. The first-order valence-electron chi connectivity index (χ1n) is 12.1. The van der Waals surface area contributed by atoms with Crippen LogP contribution in [0.15, 0.2) is 47.7 Å². The zero-order valence-corrected chi connectivity index (χ0v) is 19.4. The monoisotopic (exact) mass is 459 g/mol. The number of hydrogen-bond donors (Lipinski definition) is 1. The van der Waals surface area contributed by atoms with Crippen molar-refractivity contribution < 1.29 is 9.47 Å². The summed E-state index contributed by atoms with van der Waals surface area (Å²) in [4.78, 5) is 26.2. The lowest BCUT2D eigenvalue weighted by Gasteiger charge is -2.28. The highest BCUT2D eigenvalue weighted by Crippen LogP contribution is 2.29. The van der Waals surface area contributed by atoms with Gasteiger partial charge in [0.1, 0.15) is 5.65 Å². The number of aromatic nitrogens is 5. The Labute approximate surface area is 197 Å². The van der Waals surface area contributed by atoms with E-state index in [-0.39, 0.29) is 17.9 Å². The predicted octanol–water partition coefficient (Wildman–Crippen LogP) is 4.35. The average molecular weight is 460 g/mol. The zero-order chi connectivity index (χ0) is 23.1. The Balaban J connectivity index is 1.47. The number of hydrogen-bond acceptors (Lipinski definition) is 5. The average Bonchev–Trinajstić information content (AvgIpc) is 3.46. The lowest BCUT2D eigenvalue weighted by atomic mass is 10.0. The van der Waals surface area contributed by atoms with E-state index in [1.807, 2.05) is 33.8 Å². The summed E-state index contributed by atoms with van der Waals surface area (Å²) in [6.07, 6.45) is 13.7. The van der Waals surface area contributed by atoms with Gasteiger partial charge in [-0.3, -0.25) is 4.57 Å². The normalized spacial score (nSPS) is 21.3. The zero-order valence-electron chi connectivity index (χ0n) is 19.4. The van der Waals surface area contributed by atoms with Crippen LogP contribution in [-0.2, 0) is 16.0 Å². The van der Waals surface area contributed by atoms with Crippen molar-refractivity contribution in [3.8, 4) is 11.1 Å². The lowest BCUT2D eigenvalue weighted by Crippen LogP contribution is -2.36. The fourth-order valence-electron chi connectivity index (χ4n) is 5.24. The molecule has 1 aliphatic carbocycles. The third-order valence-corrected chi connectivity index (χ3v) is 7.10. The molecule has 2 atom stereocenters. The molecule has 1 saturated heterocycles. The second-order valence-corrected chi connectivity index (χ2v) is 9.25. The van der Waals surface area contributed by atoms with E-state index < -0.39 is 0 Å². The van der Waals surface area contributed by atoms with Crippen LogP contribution in [0.2, 0.25) is 0 Å². The van der Waals surface area contributed by atoms with Gasteiger partial charge in [-0.1, -0.05) is 6.08 Å². The molecule has 1 fully saturated rings. The standard InChI is InChI=1S/C26H29N5O3/c1-33-21-8-10-34-22(13-21)16-30-23-12-19(18-11-17-7-9-27-24(17)28-14-18)15-29-25(23)31(26(30)32)20-5-3-2-4-6-20/h5,7,9,11-12,14-15,21-22H,2-4,6,8,10,13,16H2,1H3,(H,27,28)/t21-,22+/m1/s1. The number of H-pyrrole nitrogens is 1. The van der Waals surface area contributed by atoms with Gasteiger partial charge in [0.15, 0.2) is 5.65 Å². The van der Waals surface area contributed by atoms with Crippen LogP contribution in [0, 0.1) is 0 Å². The van der Waals surface area contributed by atoms with Crippen LogP contribution in [0.5, 0.6) is 0 Å². The van der Waals surface area contributed by atoms with Crippen molar-refractivity contribution in [1.29, 1.82) is 0 Å². The van der Waals surface area contributed by atoms with Gasteiger partial charge in [0, 0.05) is 60.9 Å². The van der Waals surface area contributed by atoms with Crippen molar-refractivity contribution in [3.05, 3.63) is 53.3 Å². The molecule has 0 saturated carbocycles. The second-order valence-electron chi connectivity index (χ2n) is 9.25. The molecule has 0 unspecified atom stereocenters. The van der Waals surface area contributed by atoms with Gasteiger partial charge in [-0.2, -0.15) is 0 Å². The third kappa shape index (κ3) is 3.76. The topological polar surface area (TPSA) is 87.0 Å². The van der Waals surface area contributed by atoms with Crippen LogP contribution in [-0.4, -0.2) is 50.0 Å². The molecule has 0 bridgehead atoms. The summed E-state index contributed by atoms with van der Waals surface area (Å²) in [5.41, 5.74) is 5.30. The van der Waals surface area contributed by atoms with E-state index >= 15 is 0 Å². The maximum absolute atomic E-state index is 13.7. The number of pyridine rings is 2. The number of fused-ring (bicyclic) bond motifs is 2. The van der Waals surface area contributed by atoms with Gasteiger partial charge in [0.05, 0.1) is 24.3 Å². The van der Waals surface area contributed by atoms with Crippen molar-refractivity contribution >= 4 is 27.9 Å². The van der Waals surface area contributed by atoms with E-state index in [0.717, 1.165) is 71.9 Å². The van der Waals surface area contributed by atoms with Crippen LogP contribution < -0.4 is 5.69 Å². The first-order valence-corrected chi connectivity index (χ1v) is 12.1. The third-order valence-electron chi connectivity index (χ3n) is 7.10. The minimum Gasteiger partial charge on any atom is -0.381 e. The number of rotatable bonds is 5. The van der Waals surface area contributed by atoms with E-state index in [9.17, 15) is 4.79 Å². The quantitative estimate of drug-likeness (QED) is 0.479. The molecular weight excluding hydrogens is 430 g/mol. The Morgan fingerprint density at radius 1 is 1.21 bits per heavy atom. The minimum absolute atomic E-state index is 0.0462. The SMILES string of the molecule is CO[C@@H]1CCO[C@H](Cn2c(=O)n(C3=CCCCC3)c3ncc(-c4cnc5[nH]ccc5c4)cc32)C1. The van der Waals surface area contributed by atoms with Crippen molar-refractivity contribution in [2.45, 2.75) is 57.3 Å². The van der Waals surface area contributed by atoms with Gasteiger partial charge in [-0.05, 0) is 50.3 Å². The molecule has 4 aromatic rings. The van der Waals surface area contributed by atoms with Crippen molar-refractivity contribution in [2.75, 3.05) is 13.7 Å². The molecule has 1 N–H and O–H groups in total. The Morgan fingerprint density at radius 3 is 2.94 bits per heavy atom. The van der Waals surface area contributed by atoms with E-state index in [1.165, 1.54) is 0 Å². The number of nitrogens with one attached hydrogen (secondary N) is 1. The molecule has 8 heteroatoms. The van der Waals surface area contributed by atoms with E-state index in [0.29, 0.717) is 18.8 Å². The number of aromatic amines is 1. The largest absolute Gasteiger partial charge is 0.381 e. The fourth-order valence-corrected chi connectivity index (χ4v) is 5.24. The van der Waals surface area contributed by atoms with Crippen LogP contribution in [0.4, 0.5) is 0 Å². The lowest BCUT2D eigenvalue weighted by molar-refractivity contribution is -0.0638. The highest BCUT2D eigenvalue weighted by molar-refractivity contribution is 5.85.